The third-order valence-electron chi connectivity index (χ3n) is 3.45. The van der Waals surface area contributed by atoms with E-state index in [0.29, 0.717) is 29.5 Å². The van der Waals surface area contributed by atoms with Gasteiger partial charge in [-0.05, 0) is 50.6 Å². The van der Waals surface area contributed by atoms with Crippen LogP contribution in [0.3, 0.4) is 0 Å². The number of rotatable bonds is 7. The number of nitrogens with one attached hydrogen (secondary N) is 1. The van der Waals surface area contributed by atoms with Crippen molar-refractivity contribution in [1.29, 1.82) is 0 Å². The maximum atomic E-state index is 12.3. The number of amides is 1. The van der Waals surface area contributed by atoms with E-state index in [0.717, 1.165) is 11.3 Å². The first-order valence-corrected chi connectivity index (χ1v) is 8.30. The van der Waals surface area contributed by atoms with Crippen molar-refractivity contribution in [3.8, 4) is 11.5 Å². The van der Waals surface area contributed by atoms with Crippen molar-refractivity contribution in [2.75, 3.05) is 13.2 Å². The Morgan fingerprint density at radius 1 is 1.17 bits per heavy atom. The minimum absolute atomic E-state index is 0.137. The molecule has 5 heteroatoms. The third-order valence-corrected chi connectivity index (χ3v) is 3.75. The van der Waals surface area contributed by atoms with Gasteiger partial charge in [-0.1, -0.05) is 29.8 Å². The molecule has 4 nitrogen and oxygen atoms in total. The van der Waals surface area contributed by atoms with E-state index in [4.69, 9.17) is 21.1 Å². The van der Waals surface area contributed by atoms with Gasteiger partial charge in [-0.25, -0.2) is 0 Å². The summed E-state index contributed by atoms with van der Waals surface area (Å²) in [5.74, 6) is 1.20. The number of aryl methyl sites for hydroxylation is 1. The van der Waals surface area contributed by atoms with Gasteiger partial charge in [-0.2, -0.15) is 0 Å². The fourth-order valence-electron chi connectivity index (χ4n) is 2.20. The van der Waals surface area contributed by atoms with Gasteiger partial charge in [0.1, 0.15) is 18.1 Å². The molecule has 0 aromatic heterocycles. The van der Waals surface area contributed by atoms with Gasteiger partial charge in [0.05, 0.1) is 17.7 Å². The Morgan fingerprint density at radius 2 is 1.92 bits per heavy atom. The molecule has 0 unspecified atom stereocenters. The predicted molar refractivity (Wildman–Crippen MR) is 96.2 cm³/mol. The van der Waals surface area contributed by atoms with Crippen molar-refractivity contribution in [2.24, 2.45) is 0 Å². The van der Waals surface area contributed by atoms with Gasteiger partial charge in [-0.15, -0.1) is 0 Å². The largest absolute Gasteiger partial charge is 0.492 e. The number of hydrogen-bond donors (Lipinski definition) is 1. The lowest BCUT2D eigenvalue weighted by Crippen LogP contribution is -2.36. The van der Waals surface area contributed by atoms with Crippen LogP contribution in [0.25, 0.3) is 0 Å². The Morgan fingerprint density at radius 3 is 2.58 bits per heavy atom. The molecular weight excluding hydrogens is 326 g/mol. The summed E-state index contributed by atoms with van der Waals surface area (Å²) in [7, 11) is 0. The fourth-order valence-corrected chi connectivity index (χ4v) is 2.43. The van der Waals surface area contributed by atoms with Crippen molar-refractivity contribution < 1.29 is 14.3 Å². The normalized spacial score (nSPS) is 11.7. The smallest absolute Gasteiger partial charge is 0.251 e. The Balaban J connectivity index is 1.91. The lowest BCUT2D eigenvalue weighted by molar-refractivity contribution is 0.0926. The Hall–Kier alpha value is -2.20. The van der Waals surface area contributed by atoms with Crippen LogP contribution in [0, 0.1) is 6.92 Å². The van der Waals surface area contributed by atoms with Crippen molar-refractivity contribution in [3.63, 3.8) is 0 Å². The second-order valence-corrected chi connectivity index (χ2v) is 5.94. The maximum absolute atomic E-state index is 12.3. The van der Waals surface area contributed by atoms with Gasteiger partial charge >= 0.3 is 0 Å². The molecule has 2 aromatic carbocycles. The van der Waals surface area contributed by atoms with Crippen LogP contribution in [0.4, 0.5) is 0 Å². The lowest BCUT2D eigenvalue weighted by Gasteiger charge is -2.16. The quantitative estimate of drug-likeness (QED) is 0.814. The monoisotopic (exact) mass is 347 g/mol. The van der Waals surface area contributed by atoms with E-state index in [-0.39, 0.29) is 11.9 Å². The molecule has 1 N–H and O–H groups in total. The lowest BCUT2D eigenvalue weighted by atomic mass is 10.2. The molecule has 0 saturated carbocycles. The van der Waals surface area contributed by atoms with Crippen LogP contribution in [-0.4, -0.2) is 25.2 Å². The average molecular weight is 348 g/mol. The summed E-state index contributed by atoms with van der Waals surface area (Å²) in [6, 6.07) is 12.7. The number of benzene rings is 2. The minimum atomic E-state index is -0.194. The number of hydrogen-bond acceptors (Lipinski definition) is 3. The second-order valence-electron chi connectivity index (χ2n) is 5.53. The highest BCUT2D eigenvalue weighted by Crippen LogP contribution is 2.25. The molecule has 0 spiro atoms. The van der Waals surface area contributed by atoms with Crippen molar-refractivity contribution in [3.05, 3.63) is 58.6 Å². The zero-order valence-electron chi connectivity index (χ0n) is 14.1. The van der Waals surface area contributed by atoms with E-state index in [9.17, 15) is 4.79 Å². The first-order chi connectivity index (χ1) is 11.5. The summed E-state index contributed by atoms with van der Waals surface area (Å²) in [5.41, 5.74) is 1.56. The molecule has 24 heavy (non-hydrogen) atoms. The predicted octanol–water partition coefficient (Wildman–Crippen LogP) is 4.24. The molecule has 1 atom stereocenters. The molecule has 0 aliphatic carbocycles. The summed E-state index contributed by atoms with van der Waals surface area (Å²) < 4.78 is 11.1. The van der Waals surface area contributed by atoms with Gasteiger partial charge in [0, 0.05) is 5.56 Å². The van der Waals surface area contributed by atoms with Crippen LogP contribution in [0.5, 0.6) is 11.5 Å². The van der Waals surface area contributed by atoms with Crippen LogP contribution >= 0.6 is 11.6 Å². The first kappa shape index (κ1) is 18.1. The van der Waals surface area contributed by atoms with E-state index in [1.165, 1.54) is 0 Å². The third kappa shape index (κ3) is 4.90. The number of carbonyl (C=O) groups is 1. The summed E-state index contributed by atoms with van der Waals surface area (Å²) in [5, 5.41) is 3.33. The van der Waals surface area contributed by atoms with Crippen LogP contribution < -0.4 is 14.8 Å². The van der Waals surface area contributed by atoms with Crippen molar-refractivity contribution in [1.82, 2.24) is 5.32 Å². The van der Waals surface area contributed by atoms with Gasteiger partial charge in [0.25, 0.3) is 5.91 Å². The van der Waals surface area contributed by atoms with Crippen molar-refractivity contribution >= 4 is 17.5 Å². The molecule has 0 fully saturated rings. The maximum Gasteiger partial charge on any atom is 0.251 e. The topological polar surface area (TPSA) is 47.6 Å². The molecule has 2 aromatic rings. The average Bonchev–Trinajstić information content (AvgIpc) is 2.56. The Labute approximate surface area is 147 Å². The zero-order valence-corrected chi connectivity index (χ0v) is 14.9. The van der Waals surface area contributed by atoms with Gasteiger partial charge in [0.15, 0.2) is 0 Å². The standard InChI is InChI=1S/C19H22ClNO3/c1-4-23-18-10-9-15(11-16(18)20)19(22)21-14(3)12-24-17-8-6-5-7-13(17)2/h5-11,14H,4,12H2,1-3H3,(H,21,22)/t14-/m0/s1. The van der Waals surface area contributed by atoms with Crippen LogP contribution in [0.2, 0.25) is 5.02 Å². The molecular formula is C19H22ClNO3. The van der Waals surface area contributed by atoms with Crippen LogP contribution in [-0.2, 0) is 0 Å². The van der Waals surface area contributed by atoms with E-state index in [1.54, 1.807) is 18.2 Å². The van der Waals surface area contributed by atoms with Gasteiger partial charge < -0.3 is 14.8 Å². The van der Waals surface area contributed by atoms with Crippen LogP contribution in [0.15, 0.2) is 42.5 Å². The summed E-state index contributed by atoms with van der Waals surface area (Å²) >= 11 is 6.12. The molecule has 0 aliphatic rings. The molecule has 0 aliphatic heterocycles. The Bertz CT molecular complexity index is 703. The van der Waals surface area contributed by atoms with E-state index in [2.05, 4.69) is 5.32 Å². The highest BCUT2D eigenvalue weighted by molar-refractivity contribution is 6.32. The minimum Gasteiger partial charge on any atom is -0.492 e. The Kier molecular flexibility index (Phi) is 6.50. The number of carbonyl (C=O) groups excluding carboxylic acids is 1. The summed E-state index contributed by atoms with van der Waals surface area (Å²) in [4.78, 5) is 12.3. The molecule has 0 saturated heterocycles. The van der Waals surface area contributed by atoms with E-state index in [1.807, 2.05) is 45.0 Å². The second kappa shape index (κ2) is 8.60. The molecule has 0 heterocycles. The number of halogens is 1. The highest BCUT2D eigenvalue weighted by atomic mass is 35.5. The van der Waals surface area contributed by atoms with Gasteiger partial charge in [-0.3, -0.25) is 4.79 Å². The summed E-state index contributed by atoms with van der Waals surface area (Å²) in [6.45, 7) is 6.68. The molecule has 2 rings (SSSR count). The summed E-state index contributed by atoms with van der Waals surface area (Å²) in [6.07, 6.45) is 0. The first-order valence-electron chi connectivity index (χ1n) is 7.93. The van der Waals surface area contributed by atoms with Crippen LogP contribution in [0.1, 0.15) is 29.8 Å². The zero-order chi connectivity index (χ0) is 17.5. The van der Waals surface area contributed by atoms with E-state index >= 15 is 0 Å². The highest BCUT2D eigenvalue weighted by Gasteiger charge is 2.13. The molecule has 128 valence electrons. The molecule has 1 amide bonds. The fraction of sp³-hybridized carbons (Fsp3) is 0.316. The SMILES string of the molecule is CCOc1ccc(C(=O)N[C@@H](C)COc2ccccc2C)cc1Cl. The van der Waals surface area contributed by atoms with Crippen molar-refractivity contribution in [2.45, 2.75) is 26.8 Å². The molecule has 0 radical (unpaired) electrons. The number of ether oxygens (including phenoxy) is 2. The number of para-hydroxylation sites is 1. The molecule has 0 bridgehead atoms. The van der Waals surface area contributed by atoms with E-state index < -0.39 is 0 Å². The van der Waals surface area contributed by atoms with Gasteiger partial charge in [0.2, 0.25) is 0 Å².